The Kier molecular flexibility index (Phi) is 2.61. The van der Waals surface area contributed by atoms with Crippen LogP contribution >= 0.6 is 0 Å². The van der Waals surface area contributed by atoms with E-state index in [9.17, 15) is 8.78 Å². The number of rotatable bonds is 3. The molecule has 1 aliphatic heterocycles. The van der Waals surface area contributed by atoms with Gasteiger partial charge in [0.1, 0.15) is 5.75 Å². The molecule has 0 atom stereocenters. The average Bonchev–Trinajstić information content (AvgIpc) is 2.63. The molecule has 82 valence electrons. The average molecular weight is 213 g/mol. The Morgan fingerprint density at radius 3 is 2.93 bits per heavy atom. The van der Waals surface area contributed by atoms with Gasteiger partial charge in [0, 0.05) is 18.4 Å². The molecule has 2 nitrogen and oxygen atoms in total. The second-order valence-electron chi connectivity index (χ2n) is 3.66. The Hall–Kier alpha value is -1.16. The normalized spacial score (nSPS) is 14.9. The van der Waals surface area contributed by atoms with Crippen LogP contribution in [0.5, 0.6) is 5.75 Å². The van der Waals surface area contributed by atoms with Crippen molar-refractivity contribution in [1.29, 1.82) is 0 Å². The first-order chi connectivity index (χ1) is 7.13. The van der Waals surface area contributed by atoms with Gasteiger partial charge in [-0.25, -0.2) is 8.78 Å². The van der Waals surface area contributed by atoms with Gasteiger partial charge < -0.3 is 10.5 Å². The molecule has 1 aliphatic rings. The summed E-state index contributed by atoms with van der Waals surface area (Å²) in [5.74, 6) is -2.10. The molecule has 2 rings (SSSR count). The summed E-state index contributed by atoms with van der Waals surface area (Å²) in [6.07, 6.45) is 0.397. The molecule has 0 aromatic heterocycles. The molecular formula is C11H13F2NO. The molecule has 1 aromatic rings. The molecule has 0 fully saturated rings. The maximum atomic E-state index is 13.5. The molecule has 1 heterocycles. The summed E-state index contributed by atoms with van der Waals surface area (Å²) < 4.78 is 32.3. The lowest BCUT2D eigenvalue weighted by atomic mass is 10.0. The molecular weight excluding hydrogens is 200 g/mol. The number of halogens is 2. The Morgan fingerprint density at radius 1 is 1.40 bits per heavy atom. The third-order valence-corrected chi connectivity index (χ3v) is 2.57. The van der Waals surface area contributed by atoms with Crippen LogP contribution in [0.2, 0.25) is 0 Å². The first-order valence-electron chi connectivity index (χ1n) is 4.97. The van der Waals surface area contributed by atoms with Crippen molar-refractivity contribution in [3.05, 3.63) is 29.3 Å². The molecule has 0 aliphatic carbocycles. The summed E-state index contributed by atoms with van der Waals surface area (Å²) in [6.45, 7) is 0.571. The van der Waals surface area contributed by atoms with Crippen LogP contribution in [-0.2, 0) is 12.3 Å². The van der Waals surface area contributed by atoms with E-state index in [1.54, 1.807) is 6.07 Å². The van der Waals surface area contributed by atoms with Gasteiger partial charge in [-0.2, -0.15) is 0 Å². The zero-order chi connectivity index (χ0) is 10.9. The Morgan fingerprint density at radius 2 is 2.20 bits per heavy atom. The summed E-state index contributed by atoms with van der Waals surface area (Å²) >= 11 is 0. The number of hydrogen-bond donors (Lipinski definition) is 1. The number of ether oxygens (including phenoxy) is 1. The van der Waals surface area contributed by atoms with Crippen LogP contribution in [0.3, 0.4) is 0 Å². The maximum absolute atomic E-state index is 13.5. The van der Waals surface area contributed by atoms with Gasteiger partial charge in [-0.1, -0.05) is 0 Å². The van der Waals surface area contributed by atoms with E-state index >= 15 is 0 Å². The molecule has 0 saturated heterocycles. The van der Waals surface area contributed by atoms with Crippen molar-refractivity contribution in [2.75, 3.05) is 13.2 Å². The van der Waals surface area contributed by atoms with Crippen molar-refractivity contribution < 1.29 is 13.5 Å². The third kappa shape index (κ3) is 1.95. The number of hydrogen-bond acceptors (Lipinski definition) is 2. The first kappa shape index (κ1) is 10.4. The van der Waals surface area contributed by atoms with E-state index in [2.05, 4.69) is 0 Å². The highest BCUT2D eigenvalue weighted by Crippen LogP contribution is 2.35. The van der Waals surface area contributed by atoms with Gasteiger partial charge in [-0.05, 0) is 30.3 Å². The van der Waals surface area contributed by atoms with Crippen molar-refractivity contribution >= 4 is 0 Å². The minimum atomic E-state index is -2.83. The quantitative estimate of drug-likeness (QED) is 0.834. The minimum absolute atomic E-state index is 0.0133. The highest BCUT2D eigenvalue weighted by Gasteiger charge is 2.31. The fourth-order valence-corrected chi connectivity index (χ4v) is 1.74. The van der Waals surface area contributed by atoms with Gasteiger partial charge in [-0.15, -0.1) is 0 Å². The number of benzene rings is 1. The number of alkyl halides is 2. The van der Waals surface area contributed by atoms with E-state index in [4.69, 9.17) is 10.5 Å². The molecule has 0 bridgehead atoms. The molecule has 0 unspecified atom stereocenters. The minimum Gasteiger partial charge on any atom is -0.493 e. The van der Waals surface area contributed by atoms with Gasteiger partial charge in [0.15, 0.2) is 0 Å². The molecule has 0 saturated carbocycles. The van der Waals surface area contributed by atoms with Gasteiger partial charge in [0.25, 0.3) is 5.92 Å². The SMILES string of the molecule is NCCC(F)(F)c1ccc2c(c1)CCO2. The van der Waals surface area contributed by atoms with E-state index in [-0.39, 0.29) is 18.5 Å². The van der Waals surface area contributed by atoms with E-state index in [1.165, 1.54) is 12.1 Å². The predicted octanol–water partition coefficient (Wildman–Crippen LogP) is 2.06. The second-order valence-corrected chi connectivity index (χ2v) is 3.66. The van der Waals surface area contributed by atoms with Crippen LogP contribution in [0, 0.1) is 0 Å². The summed E-state index contributed by atoms with van der Waals surface area (Å²) in [5, 5.41) is 0. The second kappa shape index (κ2) is 3.77. The highest BCUT2D eigenvalue weighted by molar-refractivity contribution is 5.41. The molecule has 0 amide bonds. The highest BCUT2D eigenvalue weighted by atomic mass is 19.3. The molecule has 0 spiro atoms. The van der Waals surface area contributed by atoms with Crippen LogP contribution in [0.25, 0.3) is 0 Å². The van der Waals surface area contributed by atoms with Gasteiger partial charge in [0.2, 0.25) is 0 Å². The van der Waals surface area contributed by atoms with Crippen LogP contribution in [0.4, 0.5) is 8.78 Å². The lowest BCUT2D eigenvalue weighted by Gasteiger charge is -2.16. The molecule has 15 heavy (non-hydrogen) atoms. The fourth-order valence-electron chi connectivity index (χ4n) is 1.74. The van der Waals surface area contributed by atoms with Crippen molar-refractivity contribution in [3.63, 3.8) is 0 Å². The topological polar surface area (TPSA) is 35.2 Å². The molecule has 0 radical (unpaired) electrons. The predicted molar refractivity (Wildman–Crippen MR) is 53.2 cm³/mol. The molecule has 1 aromatic carbocycles. The zero-order valence-electron chi connectivity index (χ0n) is 8.30. The third-order valence-electron chi connectivity index (χ3n) is 2.57. The lowest BCUT2D eigenvalue weighted by Crippen LogP contribution is -2.18. The standard InChI is InChI=1S/C11H13F2NO/c12-11(13,4-5-14)9-1-2-10-8(7-9)3-6-15-10/h1-2,7H,3-6,14H2. The van der Waals surface area contributed by atoms with Crippen molar-refractivity contribution in [3.8, 4) is 5.75 Å². The Bertz CT molecular complexity index is 366. The summed E-state index contributed by atoms with van der Waals surface area (Å²) in [7, 11) is 0. The first-order valence-corrected chi connectivity index (χ1v) is 4.97. The van der Waals surface area contributed by atoms with E-state index < -0.39 is 5.92 Å². The molecule has 2 N–H and O–H groups in total. The Balaban J connectivity index is 2.29. The summed E-state index contributed by atoms with van der Waals surface area (Å²) in [4.78, 5) is 0. The number of fused-ring (bicyclic) bond motifs is 1. The van der Waals surface area contributed by atoms with E-state index in [0.29, 0.717) is 13.0 Å². The zero-order valence-corrected chi connectivity index (χ0v) is 8.30. The largest absolute Gasteiger partial charge is 0.493 e. The lowest BCUT2D eigenvalue weighted by molar-refractivity contribution is -0.0107. The smallest absolute Gasteiger partial charge is 0.274 e. The number of nitrogens with two attached hydrogens (primary N) is 1. The van der Waals surface area contributed by atoms with Crippen molar-refractivity contribution in [2.24, 2.45) is 5.73 Å². The summed E-state index contributed by atoms with van der Waals surface area (Å²) in [5.41, 5.74) is 6.06. The van der Waals surface area contributed by atoms with Gasteiger partial charge in [-0.3, -0.25) is 0 Å². The van der Waals surface area contributed by atoms with Gasteiger partial charge >= 0.3 is 0 Å². The van der Waals surface area contributed by atoms with Crippen molar-refractivity contribution in [1.82, 2.24) is 0 Å². The van der Waals surface area contributed by atoms with Crippen LogP contribution in [0.1, 0.15) is 17.5 Å². The van der Waals surface area contributed by atoms with Crippen LogP contribution in [-0.4, -0.2) is 13.2 Å². The maximum Gasteiger partial charge on any atom is 0.274 e. The monoisotopic (exact) mass is 213 g/mol. The van der Waals surface area contributed by atoms with Gasteiger partial charge in [0.05, 0.1) is 6.61 Å². The van der Waals surface area contributed by atoms with Crippen molar-refractivity contribution in [2.45, 2.75) is 18.8 Å². The van der Waals surface area contributed by atoms with Crippen LogP contribution < -0.4 is 10.5 Å². The fraction of sp³-hybridized carbons (Fsp3) is 0.455. The van der Waals surface area contributed by atoms with Crippen LogP contribution in [0.15, 0.2) is 18.2 Å². The Labute approximate surface area is 87.0 Å². The van der Waals surface area contributed by atoms with E-state index in [0.717, 1.165) is 11.3 Å². The summed E-state index contributed by atoms with van der Waals surface area (Å²) in [6, 6.07) is 4.56. The molecule has 4 heteroatoms. The van der Waals surface area contributed by atoms with E-state index in [1.807, 2.05) is 0 Å².